The first kappa shape index (κ1) is 9.75. The van der Waals surface area contributed by atoms with Crippen LogP contribution in [0.2, 0.25) is 0 Å². The second-order valence-electron chi connectivity index (χ2n) is 3.57. The van der Waals surface area contributed by atoms with Crippen LogP contribution in [-0.2, 0) is 4.74 Å². The van der Waals surface area contributed by atoms with E-state index in [2.05, 4.69) is 6.58 Å². The van der Waals surface area contributed by atoms with E-state index >= 15 is 0 Å². The zero-order valence-corrected chi connectivity index (χ0v) is 7.75. The molecule has 0 heterocycles. The maximum Gasteiger partial charge on any atom is 0.0942 e. The minimum Gasteiger partial charge on any atom is -0.387 e. The molecule has 70 valence electrons. The maximum absolute atomic E-state index is 10.1. The average Bonchev–Trinajstić information content (AvgIpc) is 2.05. The van der Waals surface area contributed by atoms with E-state index in [1.54, 1.807) is 13.2 Å². The van der Waals surface area contributed by atoms with E-state index in [0.29, 0.717) is 6.42 Å². The standard InChI is InChI=1S/C10H18O2/c1-3-7-10(11)8-5-4-6-9(10)12-2/h3,9,11H,1,4-8H2,2H3/t9-,10+/m0/s1. The molecule has 1 saturated carbocycles. The Kier molecular flexibility index (Phi) is 3.29. The second kappa shape index (κ2) is 4.06. The molecule has 2 nitrogen and oxygen atoms in total. The van der Waals surface area contributed by atoms with Crippen molar-refractivity contribution < 1.29 is 9.84 Å². The van der Waals surface area contributed by atoms with Gasteiger partial charge in [-0.05, 0) is 19.3 Å². The van der Waals surface area contributed by atoms with Crippen molar-refractivity contribution in [1.29, 1.82) is 0 Å². The molecule has 0 bridgehead atoms. The van der Waals surface area contributed by atoms with Crippen LogP contribution < -0.4 is 0 Å². The fourth-order valence-corrected chi connectivity index (χ4v) is 2.01. The Morgan fingerprint density at radius 1 is 1.67 bits per heavy atom. The van der Waals surface area contributed by atoms with Crippen molar-refractivity contribution in [3.63, 3.8) is 0 Å². The Hall–Kier alpha value is -0.340. The zero-order valence-electron chi connectivity index (χ0n) is 7.75. The molecule has 0 spiro atoms. The van der Waals surface area contributed by atoms with Crippen LogP contribution in [0, 0.1) is 0 Å². The van der Waals surface area contributed by atoms with Gasteiger partial charge in [0.2, 0.25) is 0 Å². The Labute approximate surface area is 74.2 Å². The molecule has 1 aliphatic carbocycles. The van der Waals surface area contributed by atoms with Gasteiger partial charge in [-0.3, -0.25) is 0 Å². The summed E-state index contributed by atoms with van der Waals surface area (Å²) >= 11 is 0. The summed E-state index contributed by atoms with van der Waals surface area (Å²) in [5.41, 5.74) is -0.644. The topological polar surface area (TPSA) is 29.5 Å². The molecule has 12 heavy (non-hydrogen) atoms. The number of methoxy groups -OCH3 is 1. The predicted octanol–water partition coefficient (Wildman–Crippen LogP) is 1.88. The van der Waals surface area contributed by atoms with Crippen LogP contribution in [0.5, 0.6) is 0 Å². The van der Waals surface area contributed by atoms with Crippen molar-refractivity contribution >= 4 is 0 Å². The van der Waals surface area contributed by atoms with E-state index in [-0.39, 0.29) is 6.10 Å². The van der Waals surface area contributed by atoms with Gasteiger partial charge in [0.25, 0.3) is 0 Å². The van der Waals surface area contributed by atoms with Crippen LogP contribution in [0.3, 0.4) is 0 Å². The van der Waals surface area contributed by atoms with Gasteiger partial charge >= 0.3 is 0 Å². The van der Waals surface area contributed by atoms with Crippen molar-refractivity contribution in [3.8, 4) is 0 Å². The number of rotatable bonds is 3. The lowest BCUT2D eigenvalue weighted by Gasteiger charge is -2.38. The van der Waals surface area contributed by atoms with Crippen LogP contribution in [0.25, 0.3) is 0 Å². The summed E-state index contributed by atoms with van der Waals surface area (Å²) in [4.78, 5) is 0. The van der Waals surface area contributed by atoms with E-state index in [4.69, 9.17) is 4.74 Å². The molecule has 0 aromatic carbocycles. The van der Waals surface area contributed by atoms with Crippen molar-refractivity contribution in [2.45, 2.75) is 43.8 Å². The summed E-state index contributed by atoms with van der Waals surface area (Å²) in [6, 6.07) is 0. The quantitative estimate of drug-likeness (QED) is 0.655. The van der Waals surface area contributed by atoms with Gasteiger partial charge in [-0.1, -0.05) is 18.9 Å². The fraction of sp³-hybridized carbons (Fsp3) is 0.800. The average molecular weight is 170 g/mol. The molecule has 2 heteroatoms. The molecule has 0 aromatic heterocycles. The molecule has 0 radical (unpaired) electrons. The van der Waals surface area contributed by atoms with Gasteiger partial charge in [-0.2, -0.15) is 0 Å². The molecule has 1 rings (SSSR count). The van der Waals surface area contributed by atoms with E-state index in [9.17, 15) is 5.11 Å². The molecule has 1 fully saturated rings. The smallest absolute Gasteiger partial charge is 0.0942 e. The van der Waals surface area contributed by atoms with Gasteiger partial charge in [-0.15, -0.1) is 6.58 Å². The molecule has 0 aliphatic heterocycles. The summed E-state index contributed by atoms with van der Waals surface area (Å²) in [6.07, 6.45) is 6.51. The van der Waals surface area contributed by atoms with E-state index in [0.717, 1.165) is 25.7 Å². The Bertz CT molecular complexity index is 156. The maximum atomic E-state index is 10.1. The van der Waals surface area contributed by atoms with Crippen LogP contribution in [-0.4, -0.2) is 23.9 Å². The molecular formula is C10H18O2. The summed E-state index contributed by atoms with van der Waals surface area (Å²) in [7, 11) is 1.67. The first-order valence-electron chi connectivity index (χ1n) is 4.59. The summed E-state index contributed by atoms with van der Waals surface area (Å²) in [5.74, 6) is 0. The van der Waals surface area contributed by atoms with E-state index < -0.39 is 5.60 Å². The van der Waals surface area contributed by atoms with Crippen LogP contribution in [0.4, 0.5) is 0 Å². The van der Waals surface area contributed by atoms with Gasteiger partial charge in [0.15, 0.2) is 0 Å². The highest BCUT2D eigenvalue weighted by molar-refractivity contribution is 4.95. The lowest BCUT2D eigenvalue weighted by molar-refractivity contribution is -0.114. The SMILES string of the molecule is C=CC[C@@]1(O)CCCC[C@@H]1OC. The molecule has 2 atom stereocenters. The predicted molar refractivity (Wildman–Crippen MR) is 49.0 cm³/mol. The molecule has 1 aliphatic rings. The highest BCUT2D eigenvalue weighted by Crippen LogP contribution is 2.33. The van der Waals surface area contributed by atoms with Crippen molar-refractivity contribution in [2.75, 3.05) is 7.11 Å². The minimum absolute atomic E-state index is 0.00394. The number of ether oxygens (including phenoxy) is 1. The first-order valence-corrected chi connectivity index (χ1v) is 4.59. The van der Waals surface area contributed by atoms with Gasteiger partial charge in [-0.25, -0.2) is 0 Å². The highest BCUT2D eigenvalue weighted by atomic mass is 16.5. The van der Waals surface area contributed by atoms with E-state index in [1.807, 2.05) is 0 Å². The molecule has 0 amide bonds. The van der Waals surface area contributed by atoms with Gasteiger partial charge < -0.3 is 9.84 Å². The Morgan fingerprint density at radius 3 is 3.00 bits per heavy atom. The second-order valence-corrected chi connectivity index (χ2v) is 3.57. The van der Waals surface area contributed by atoms with Gasteiger partial charge in [0.05, 0.1) is 11.7 Å². The van der Waals surface area contributed by atoms with Crippen LogP contribution >= 0.6 is 0 Å². The monoisotopic (exact) mass is 170 g/mol. The summed E-state index contributed by atoms with van der Waals surface area (Å²) < 4.78 is 5.26. The van der Waals surface area contributed by atoms with Crippen molar-refractivity contribution in [3.05, 3.63) is 12.7 Å². The lowest BCUT2D eigenvalue weighted by Crippen LogP contribution is -2.45. The first-order chi connectivity index (χ1) is 5.73. The molecule has 0 saturated heterocycles. The highest BCUT2D eigenvalue weighted by Gasteiger charge is 2.37. The minimum atomic E-state index is -0.644. The summed E-state index contributed by atoms with van der Waals surface area (Å²) in [6.45, 7) is 3.65. The molecule has 1 N–H and O–H groups in total. The third-order valence-corrected chi connectivity index (χ3v) is 2.71. The third kappa shape index (κ3) is 1.87. The largest absolute Gasteiger partial charge is 0.387 e. The lowest BCUT2D eigenvalue weighted by atomic mass is 9.80. The normalized spacial score (nSPS) is 36.3. The fourth-order valence-electron chi connectivity index (χ4n) is 2.01. The number of hydrogen-bond donors (Lipinski definition) is 1. The van der Waals surface area contributed by atoms with Crippen LogP contribution in [0.1, 0.15) is 32.1 Å². The van der Waals surface area contributed by atoms with Crippen LogP contribution in [0.15, 0.2) is 12.7 Å². The van der Waals surface area contributed by atoms with Crippen molar-refractivity contribution in [2.24, 2.45) is 0 Å². The molecule has 0 unspecified atom stereocenters. The van der Waals surface area contributed by atoms with Crippen molar-refractivity contribution in [1.82, 2.24) is 0 Å². The zero-order chi connectivity index (χ0) is 9.03. The third-order valence-electron chi connectivity index (χ3n) is 2.71. The van der Waals surface area contributed by atoms with Gasteiger partial charge in [0.1, 0.15) is 0 Å². The number of hydrogen-bond acceptors (Lipinski definition) is 2. The summed E-state index contributed by atoms with van der Waals surface area (Å²) in [5, 5.41) is 10.1. The van der Waals surface area contributed by atoms with Gasteiger partial charge in [0, 0.05) is 7.11 Å². The number of aliphatic hydroxyl groups is 1. The molecular weight excluding hydrogens is 152 g/mol. The van der Waals surface area contributed by atoms with E-state index in [1.165, 1.54) is 0 Å². The Balaban J connectivity index is 2.61. The molecule has 0 aromatic rings. The Morgan fingerprint density at radius 2 is 2.42 bits per heavy atom.